The molecular weight excluding hydrogens is 749 g/mol. The molecule has 0 heterocycles. The summed E-state index contributed by atoms with van der Waals surface area (Å²) in [5.74, 6) is 1.79. The molecule has 0 bridgehead atoms. The number of ether oxygens (including phenoxy) is 8. The summed E-state index contributed by atoms with van der Waals surface area (Å²) in [5.41, 5.74) is 6.54. The largest absolute Gasteiger partial charge is 0.493 e. The van der Waals surface area contributed by atoms with Gasteiger partial charge in [-0.1, -0.05) is 75.5 Å². The minimum atomic E-state index is -1.10. The Morgan fingerprint density at radius 3 is 1.22 bits per heavy atom. The molecule has 0 fully saturated rings. The Labute approximate surface area is 349 Å². The Kier molecular flexibility index (Phi) is 14.4. The van der Waals surface area contributed by atoms with Gasteiger partial charge >= 0.3 is 11.9 Å². The quantitative estimate of drug-likeness (QED) is 0.0428. The first-order valence-electron chi connectivity index (χ1n) is 20.5. The van der Waals surface area contributed by atoms with Crippen molar-refractivity contribution in [3.8, 4) is 45.6 Å². The van der Waals surface area contributed by atoms with Gasteiger partial charge in [-0.05, 0) is 88.8 Å². The molecule has 10 nitrogen and oxygen atoms in total. The van der Waals surface area contributed by atoms with Gasteiger partial charge in [0.05, 0.1) is 31.8 Å². The molecule has 0 saturated heterocycles. The molecule has 1 aliphatic carbocycles. The van der Waals surface area contributed by atoms with E-state index in [1.165, 1.54) is 0 Å². The highest BCUT2D eigenvalue weighted by atomic mass is 16.7. The Bertz CT molecular complexity index is 2050. The molecule has 0 N–H and O–H groups in total. The van der Waals surface area contributed by atoms with Crippen LogP contribution in [0.3, 0.4) is 0 Å². The molecule has 0 radical (unpaired) electrons. The van der Waals surface area contributed by atoms with Gasteiger partial charge < -0.3 is 37.9 Å². The van der Waals surface area contributed by atoms with Gasteiger partial charge in [0, 0.05) is 47.2 Å². The van der Waals surface area contributed by atoms with E-state index in [0.29, 0.717) is 73.8 Å². The molecule has 4 aromatic carbocycles. The second kappa shape index (κ2) is 19.2. The molecule has 314 valence electrons. The zero-order valence-electron chi connectivity index (χ0n) is 36.2. The fraction of sp³-hybridized carbons (Fsp3) is 0.388. The second-order valence-corrected chi connectivity index (χ2v) is 14.1. The SMILES string of the molecule is C=C(C)C(=O)OC(C)Oc1c(OCC)cc(C2(c3cc(OCC)c(OC(C)OC(=O)C(=C)C)c(CC)c3OCC)c3ccccc3-c3ccccc32)c(OCC)c1CC. The Morgan fingerprint density at radius 2 is 0.898 bits per heavy atom. The predicted molar refractivity (Wildman–Crippen MR) is 229 cm³/mol. The van der Waals surface area contributed by atoms with Crippen LogP contribution >= 0.6 is 0 Å². The van der Waals surface area contributed by atoms with Crippen LogP contribution in [0.5, 0.6) is 34.5 Å². The van der Waals surface area contributed by atoms with Crippen LogP contribution in [0, 0.1) is 0 Å². The van der Waals surface area contributed by atoms with Crippen LogP contribution in [0.4, 0.5) is 0 Å². The number of hydrogen-bond donors (Lipinski definition) is 0. The Hall–Kier alpha value is -5.90. The van der Waals surface area contributed by atoms with Crippen LogP contribution in [0.15, 0.2) is 85.0 Å². The van der Waals surface area contributed by atoms with Crippen molar-refractivity contribution >= 4 is 11.9 Å². The Morgan fingerprint density at radius 1 is 0.542 bits per heavy atom. The van der Waals surface area contributed by atoms with Gasteiger partial charge in [-0.25, -0.2) is 9.59 Å². The monoisotopic (exact) mass is 806 g/mol. The first kappa shape index (κ1) is 44.2. The molecule has 2 atom stereocenters. The number of rotatable bonds is 20. The molecule has 0 amide bonds. The molecule has 0 spiro atoms. The van der Waals surface area contributed by atoms with Crippen LogP contribution in [0.1, 0.15) is 103 Å². The van der Waals surface area contributed by atoms with Gasteiger partial charge in [0.25, 0.3) is 0 Å². The number of esters is 2. The van der Waals surface area contributed by atoms with Crippen LogP contribution in [0.25, 0.3) is 11.1 Å². The number of carbonyl (C=O) groups excluding carboxylic acids is 2. The van der Waals surface area contributed by atoms with E-state index in [0.717, 1.165) is 44.5 Å². The molecule has 10 heteroatoms. The summed E-state index contributed by atoms with van der Waals surface area (Å²) in [6.45, 7) is 27.0. The normalized spacial score (nSPS) is 13.3. The minimum absolute atomic E-state index is 0.258. The average molecular weight is 807 g/mol. The summed E-state index contributed by atoms with van der Waals surface area (Å²) < 4.78 is 50.6. The minimum Gasteiger partial charge on any atom is -0.493 e. The van der Waals surface area contributed by atoms with Crippen molar-refractivity contribution in [3.63, 3.8) is 0 Å². The van der Waals surface area contributed by atoms with E-state index in [1.807, 2.05) is 77.9 Å². The van der Waals surface area contributed by atoms with Crippen molar-refractivity contribution in [1.29, 1.82) is 0 Å². The third kappa shape index (κ3) is 8.49. The van der Waals surface area contributed by atoms with E-state index in [9.17, 15) is 9.59 Å². The molecule has 5 rings (SSSR count). The van der Waals surface area contributed by atoms with E-state index in [-0.39, 0.29) is 11.1 Å². The lowest BCUT2D eigenvalue weighted by molar-refractivity contribution is -0.157. The summed E-state index contributed by atoms with van der Waals surface area (Å²) in [6, 6.07) is 20.7. The van der Waals surface area contributed by atoms with Gasteiger partial charge in [-0.15, -0.1) is 0 Å². The zero-order valence-corrected chi connectivity index (χ0v) is 36.2. The third-order valence-corrected chi connectivity index (χ3v) is 10.0. The fourth-order valence-corrected chi connectivity index (χ4v) is 7.80. The fourth-order valence-electron chi connectivity index (χ4n) is 7.80. The highest BCUT2D eigenvalue weighted by Crippen LogP contribution is 2.63. The standard InChI is InChI=1S/C49H58O10/c1-13-33-43(54-17-5)39(27-41(52-15-3)45(33)56-31(11)58-47(50)29(7)8)49(37-25-21-19-23-35(37)36-24-20-22-26-38(36)49)40-28-42(53-16-4)46(34(14-2)44(40)55-18-6)57-32(12)59-48(51)30(9)10/h19-28,31-32H,7,9,13-18H2,1-6,8,10-12H3. The predicted octanol–water partition coefficient (Wildman–Crippen LogP) is 10.5. The molecule has 0 saturated carbocycles. The van der Waals surface area contributed by atoms with Crippen molar-refractivity contribution in [2.24, 2.45) is 0 Å². The topological polar surface area (TPSA) is 108 Å². The van der Waals surface area contributed by atoms with Crippen LogP contribution in [-0.4, -0.2) is 50.9 Å². The highest BCUT2D eigenvalue weighted by Gasteiger charge is 2.51. The van der Waals surface area contributed by atoms with Crippen LogP contribution < -0.4 is 28.4 Å². The van der Waals surface area contributed by atoms with Crippen molar-refractivity contribution < 1.29 is 47.5 Å². The molecule has 0 aliphatic heterocycles. The third-order valence-electron chi connectivity index (χ3n) is 10.0. The van der Waals surface area contributed by atoms with Gasteiger partial charge in [0.2, 0.25) is 12.6 Å². The first-order valence-corrected chi connectivity index (χ1v) is 20.5. The van der Waals surface area contributed by atoms with Gasteiger partial charge in [-0.2, -0.15) is 0 Å². The highest BCUT2D eigenvalue weighted by molar-refractivity contribution is 5.90. The molecule has 2 unspecified atom stereocenters. The first-order chi connectivity index (χ1) is 28.3. The second-order valence-electron chi connectivity index (χ2n) is 14.1. The lowest BCUT2D eigenvalue weighted by atomic mass is 9.66. The van der Waals surface area contributed by atoms with Crippen molar-refractivity contribution in [1.82, 2.24) is 0 Å². The molecule has 59 heavy (non-hydrogen) atoms. The summed E-state index contributed by atoms with van der Waals surface area (Å²) in [6.07, 6.45) is -0.980. The maximum Gasteiger partial charge on any atom is 0.336 e. The number of fused-ring (bicyclic) bond motifs is 3. The maximum atomic E-state index is 12.6. The van der Waals surface area contributed by atoms with Gasteiger partial charge in [0.15, 0.2) is 23.0 Å². The maximum absolute atomic E-state index is 12.6. The summed E-state index contributed by atoms with van der Waals surface area (Å²) in [7, 11) is 0. The molecular formula is C49H58O10. The van der Waals surface area contributed by atoms with Crippen LogP contribution in [0.2, 0.25) is 0 Å². The summed E-state index contributed by atoms with van der Waals surface area (Å²) in [4.78, 5) is 25.2. The lowest BCUT2D eigenvalue weighted by Gasteiger charge is -2.38. The van der Waals surface area contributed by atoms with E-state index in [1.54, 1.807) is 27.7 Å². The van der Waals surface area contributed by atoms with E-state index in [4.69, 9.17) is 37.9 Å². The molecule has 1 aliphatic rings. The van der Waals surface area contributed by atoms with E-state index >= 15 is 0 Å². The van der Waals surface area contributed by atoms with E-state index in [2.05, 4.69) is 37.4 Å². The zero-order chi connectivity index (χ0) is 43.0. The van der Waals surface area contributed by atoms with Gasteiger partial charge in [-0.3, -0.25) is 0 Å². The molecule has 4 aromatic rings. The van der Waals surface area contributed by atoms with Crippen LogP contribution in [-0.2, 0) is 37.3 Å². The van der Waals surface area contributed by atoms with Gasteiger partial charge in [0.1, 0.15) is 11.5 Å². The summed E-state index contributed by atoms with van der Waals surface area (Å²) in [5, 5.41) is 0. The average Bonchev–Trinajstić information content (AvgIpc) is 3.50. The summed E-state index contributed by atoms with van der Waals surface area (Å²) >= 11 is 0. The lowest BCUT2D eigenvalue weighted by Crippen LogP contribution is -2.32. The number of carbonyl (C=O) groups is 2. The Balaban J connectivity index is 1.98. The number of benzene rings is 4. The smallest absolute Gasteiger partial charge is 0.336 e. The molecule has 0 aromatic heterocycles. The van der Waals surface area contributed by atoms with Crippen molar-refractivity contribution in [2.45, 2.75) is 100 Å². The van der Waals surface area contributed by atoms with Crippen molar-refractivity contribution in [3.05, 3.63) is 118 Å². The van der Waals surface area contributed by atoms with E-state index < -0.39 is 29.9 Å². The number of hydrogen-bond acceptors (Lipinski definition) is 10. The van der Waals surface area contributed by atoms with Crippen molar-refractivity contribution in [2.75, 3.05) is 26.4 Å².